The standard InChI is InChI=1S/C18H26ClN5O4/c1-25-7-5-24(6-8-26-2)18-16(20)17(21-11-22-18)23-13-9-12(19)14(27-3)10-15(13)28-4/h9-11H,5-8,20H2,1-4H3,(H,21,22,23). The number of rotatable bonds is 11. The number of hydrogen-bond donors (Lipinski definition) is 2. The van der Waals surface area contributed by atoms with Crippen molar-refractivity contribution in [3.8, 4) is 11.5 Å². The Bertz CT molecular complexity index is 770. The molecule has 28 heavy (non-hydrogen) atoms. The number of methoxy groups -OCH3 is 4. The average molecular weight is 412 g/mol. The summed E-state index contributed by atoms with van der Waals surface area (Å²) < 4.78 is 21.0. The summed E-state index contributed by atoms with van der Waals surface area (Å²) in [7, 11) is 6.38. The van der Waals surface area contributed by atoms with E-state index in [4.69, 9.17) is 36.3 Å². The first-order chi connectivity index (χ1) is 13.5. The van der Waals surface area contributed by atoms with Crippen molar-refractivity contribution in [2.24, 2.45) is 0 Å². The van der Waals surface area contributed by atoms with Crippen molar-refractivity contribution in [1.82, 2.24) is 9.97 Å². The van der Waals surface area contributed by atoms with Crippen LogP contribution >= 0.6 is 11.6 Å². The van der Waals surface area contributed by atoms with Crippen LogP contribution in [0.15, 0.2) is 18.5 Å². The monoisotopic (exact) mass is 411 g/mol. The van der Waals surface area contributed by atoms with Gasteiger partial charge in [-0.3, -0.25) is 0 Å². The van der Waals surface area contributed by atoms with Gasteiger partial charge in [0.05, 0.1) is 38.1 Å². The van der Waals surface area contributed by atoms with Gasteiger partial charge in [0.25, 0.3) is 0 Å². The molecule has 154 valence electrons. The van der Waals surface area contributed by atoms with Crippen molar-refractivity contribution >= 4 is 34.6 Å². The first-order valence-corrected chi connectivity index (χ1v) is 8.95. The third-order valence-corrected chi connectivity index (χ3v) is 4.32. The van der Waals surface area contributed by atoms with Crippen LogP contribution in [0.3, 0.4) is 0 Å². The highest BCUT2D eigenvalue weighted by atomic mass is 35.5. The maximum atomic E-state index is 6.35. The Balaban J connectivity index is 2.35. The minimum absolute atomic E-state index is 0.392. The molecule has 9 nitrogen and oxygen atoms in total. The Labute approximate surface area is 169 Å². The van der Waals surface area contributed by atoms with Gasteiger partial charge in [0.15, 0.2) is 11.6 Å². The number of nitrogens with zero attached hydrogens (tertiary/aromatic N) is 3. The molecule has 0 spiro atoms. The number of nitrogen functional groups attached to an aromatic ring is 1. The zero-order chi connectivity index (χ0) is 20.5. The van der Waals surface area contributed by atoms with E-state index >= 15 is 0 Å². The lowest BCUT2D eigenvalue weighted by molar-refractivity contribution is 0.190. The summed E-state index contributed by atoms with van der Waals surface area (Å²) in [6.45, 7) is 2.27. The molecule has 1 heterocycles. The van der Waals surface area contributed by atoms with Crippen molar-refractivity contribution in [3.05, 3.63) is 23.5 Å². The lowest BCUT2D eigenvalue weighted by Gasteiger charge is -2.25. The van der Waals surface area contributed by atoms with Crippen LogP contribution < -0.4 is 25.4 Å². The molecule has 0 fully saturated rings. The van der Waals surface area contributed by atoms with Crippen molar-refractivity contribution in [3.63, 3.8) is 0 Å². The van der Waals surface area contributed by atoms with Crippen LogP contribution in [0.25, 0.3) is 0 Å². The van der Waals surface area contributed by atoms with Crippen molar-refractivity contribution < 1.29 is 18.9 Å². The van der Waals surface area contributed by atoms with Crippen molar-refractivity contribution in [1.29, 1.82) is 0 Å². The van der Waals surface area contributed by atoms with E-state index in [-0.39, 0.29) is 0 Å². The largest absolute Gasteiger partial charge is 0.495 e. The van der Waals surface area contributed by atoms with Gasteiger partial charge in [0.1, 0.15) is 23.5 Å². The van der Waals surface area contributed by atoms with Gasteiger partial charge in [-0.1, -0.05) is 11.6 Å². The highest BCUT2D eigenvalue weighted by Gasteiger charge is 2.17. The molecular weight excluding hydrogens is 386 g/mol. The molecule has 2 aromatic rings. The molecule has 0 saturated heterocycles. The van der Waals surface area contributed by atoms with Gasteiger partial charge in [0.2, 0.25) is 0 Å². The van der Waals surface area contributed by atoms with Crippen LogP contribution in [0.1, 0.15) is 0 Å². The van der Waals surface area contributed by atoms with Crippen LogP contribution in [-0.2, 0) is 9.47 Å². The molecule has 0 aliphatic heterocycles. The number of nitrogens with one attached hydrogen (secondary N) is 1. The minimum atomic E-state index is 0.392. The van der Waals surface area contributed by atoms with Crippen LogP contribution in [0, 0.1) is 0 Å². The summed E-state index contributed by atoms with van der Waals surface area (Å²) in [5.41, 5.74) is 7.35. The normalized spacial score (nSPS) is 10.6. The SMILES string of the molecule is COCCN(CCOC)c1ncnc(Nc2cc(Cl)c(OC)cc2OC)c1N. The van der Waals surface area contributed by atoms with Gasteiger partial charge in [-0.25, -0.2) is 9.97 Å². The van der Waals surface area contributed by atoms with E-state index in [0.29, 0.717) is 65.8 Å². The van der Waals surface area contributed by atoms with Gasteiger partial charge in [0, 0.05) is 33.4 Å². The molecule has 3 N–H and O–H groups in total. The second kappa shape index (κ2) is 10.7. The van der Waals surface area contributed by atoms with E-state index in [0.717, 1.165) is 0 Å². The fourth-order valence-corrected chi connectivity index (χ4v) is 2.79. The molecule has 0 bridgehead atoms. The molecule has 0 radical (unpaired) electrons. The molecule has 0 aliphatic rings. The number of hydrogen-bond acceptors (Lipinski definition) is 9. The molecule has 0 amide bonds. The van der Waals surface area contributed by atoms with Gasteiger partial charge in [-0.05, 0) is 6.07 Å². The van der Waals surface area contributed by atoms with Crippen molar-refractivity contribution in [2.75, 3.05) is 70.7 Å². The van der Waals surface area contributed by atoms with Gasteiger partial charge in [-0.15, -0.1) is 0 Å². The molecule has 0 unspecified atom stereocenters. The summed E-state index contributed by atoms with van der Waals surface area (Å²) >= 11 is 6.24. The van der Waals surface area contributed by atoms with E-state index in [9.17, 15) is 0 Å². The summed E-state index contributed by atoms with van der Waals surface area (Å²) in [6.07, 6.45) is 1.44. The predicted molar refractivity (Wildman–Crippen MR) is 110 cm³/mol. The summed E-state index contributed by atoms with van der Waals surface area (Å²) in [5, 5.41) is 3.59. The quantitative estimate of drug-likeness (QED) is 0.577. The first-order valence-electron chi connectivity index (χ1n) is 8.57. The highest BCUT2D eigenvalue weighted by molar-refractivity contribution is 6.32. The topological polar surface area (TPSA) is 104 Å². The third kappa shape index (κ3) is 5.28. The maximum absolute atomic E-state index is 6.35. The third-order valence-electron chi connectivity index (χ3n) is 4.02. The van der Waals surface area contributed by atoms with E-state index in [1.165, 1.54) is 13.4 Å². The molecule has 1 aromatic heterocycles. The Hall–Kier alpha value is -2.49. The van der Waals surface area contributed by atoms with E-state index in [2.05, 4.69) is 15.3 Å². The zero-order valence-corrected chi connectivity index (χ0v) is 17.2. The molecule has 0 aliphatic carbocycles. The van der Waals surface area contributed by atoms with E-state index in [1.807, 2.05) is 4.90 Å². The summed E-state index contributed by atoms with van der Waals surface area (Å²) in [6, 6.07) is 3.38. The predicted octanol–water partition coefficient (Wildman–Crippen LogP) is 2.57. The fraction of sp³-hybridized carbons (Fsp3) is 0.444. The molecule has 0 saturated carbocycles. The van der Waals surface area contributed by atoms with Crippen molar-refractivity contribution in [2.45, 2.75) is 0 Å². The van der Waals surface area contributed by atoms with Crippen LogP contribution in [0.5, 0.6) is 11.5 Å². The van der Waals surface area contributed by atoms with E-state index < -0.39 is 0 Å². The smallest absolute Gasteiger partial charge is 0.159 e. The lowest BCUT2D eigenvalue weighted by atomic mass is 10.2. The number of anilines is 4. The Morgan fingerprint density at radius 3 is 2.21 bits per heavy atom. The van der Waals surface area contributed by atoms with Gasteiger partial charge < -0.3 is 34.9 Å². The van der Waals surface area contributed by atoms with Gasteiger partial charge in [-0.2, -0.15) is 0 Å². The average Bonchev–Trinajstić information content (AvgIpc) is 2.70. The van der Waals surface area contributed by atoms with Crippen LogP contribution in [0.4, 0.5) is 23.0 Å². The highest BCUT2D eigenvalue weighted by Crippen LogP contribution is 2.38. The zero-order valence-electron chi connectivity index (χ0n) is 16.5. The number of aromatic nitrogens is 2. The second-order valence-electron chi connectivity index (χ2n) is 5.74. The van der Waals surface area contributed by atoms with Gasteiger partial charge >= 0.3 is 0 Å². The number of nitrogens with two attached hydrogens (primary N) is 1. The minimum Gasteiger partial charge on any atom is -0.495 e. The Morgan fingerprint density at radius 2 is 1.64 bits per heavy atom. The molecule has 10 heteroatoms. The first kappa shape index (κ1) is 21.8. The Morgan fingerprint density at radius 1 is 1.00 bits per heavy atom. The molecular formula is C18H26ClN5O4. The van der Waals surface area contributed by atoms with Crippen LogP contribution in [-0.4, -0.2) is 64.7 Å². The fourth-order valence-electron chi connectivity index (χ4n) is 2.55. The molecule has 0 atom stereocenters. The number of halogens is 1. The summed E-state index contributed by atoms with van der Waals surface area (Å²) in [5.74, 6) is 2.07. The molecule has 2 rings (SSSR count). The maximum Gasteiger partial charge on any atom is 0.159 e. The second-order valence-corrected chi connectivity index (χ2v) is 6.15. The summed E-state index contributed by atoms with van der Waals surface area (Å²) in [4.78, 5) is 10.6. The lowest BCUT2D eigenvalue weighted by Crippen LogP contribution is -2.32. The molecule has 1 aromatic carbocycles. The number of benzene rings is 1. The Kier molecular flexibility index (Phi) is 8.37. The van der Waals surface area contributed by atoms with E-state index in [1.54, 1.807) is 33.5 Å². The van der Waals surface area contributed by atoms with Crippen LogP contribution in [0.2, 0.25) is 5.02 Å². The number of ether oxygens (including phenoxy) is 4.